The van der Waals surface area contributed by atoms with Crippen LogP contribution in [0.25, 0.3) is 0 Å². The minimum Gasteiger partial charge on any atom is -0.508 e. The SMILES string of the molecule is CCCN1CCC[C@@H](c2ccccc2O)C1. The molecule has 1 aliphatic rings. The third-order valence-electron chi connectivity index (χ3n) is 3.42. The molecule has 1 atom stereocenters. The first-order valence-electron chi connectivity index (χ1n) is 6.31. The fourth-order valence-electron chi connectivity index (χ4n) is 2.66. The van der Waals surface area contributed by atoms with E-state index in [1.54, 1.807) is 6.07 Å². The van der Waals surface area contributed by atoms with Crippen LogP contribution in [-0.2, 0) is 0 Å². The van der Waals surface area contributed by atoms with Crippen LogP contribution < -0.4 is 0 Å². The number of para-hydroxylation sites is 1. The van der Waals surface area contributed by atoms with Gasteiger partial charge >= 0.3 is 0 Å². The highest BCUT2D eigenvalue weighted by Gasteiger charge is 2.22. The third kappa shape index (κ3) is 2.56. The van der Waals surface area contributed by atoms with Gasteiger partial charge in [0.15, 0.2) is 0 Å². The Hall–Kier alpha value is -1.02. The smallest absolute Gasteiger partial charge is 0.119 e. The molecule has 1 aromatic carbocycles. The van der Waals surface area contributed by atoms with E-state index in [1.807, 2.05) is 12.1 Å². The van der Waals surface area contributed by atoms with Crippen molar-refractivity contribution in [3.8, 4) is 5.75 Å². The van der Waals surface area contributed by atoms with E-state index < -0.39 is 0 Å². The highest BCUT2D eigenvalue weighted by atomic mass is 16.3. The van der Waals surface area contributed by atoms with Crippen molar-refractivity contribution < 1.29 is 5.11 Å². The lowest BCUT2D eigenvalue weighted by Crippen LogP contribution is -2.34. The molecule has 1 heterocycles. The zero-order valence-electron chi connectivity index (χ0n) is 10.0. The summed E-state index contributed by atoms with van der Waals surface area (Å²) in [6.07, 6.45) is 3.67. The average Bonchev–Trinajstić information content (AvgIpc) is 2.30. The fraction of sp³-hybridized carbons (Fsp3) is 0.571. The standard InChI is InChI=1S/C14H21NO/c1-2-9-15-10-5-6-12(11-15)13-7-3-4-8-14(13)16/h3-4,7-8,12,16H,2,5-6,9-11H2,1H3/t12-/m1/s1. The number of rotatable bonds is 3. The van der Waals surface area contributed by atoms with Crippen molar-refractivity contribution in [3.05, 3.63) is 29.8 Å². The highest BCUT2D eigenvalue weighted by molar-refractivity contribution is 5.35. The van der Waals surface area contributed by atoms with Crippen molar-refractivity contribution in [2.45, 2.75) is 32.1 Å². The Balaban J connectivity index is 2.07. The van der Waals surface area contributed by atoms with Crippen molar-refractivity contribution in [1.82, 2.24) is 4.90 Å². The molecular weight excluding hydrogens is 198 g/mol. The zero-order chi connectivity index (χ0) is 11.4. The van der Waals surface area contributed by atoms with Gasteiger partial charge in [0, 0.05) is 12.5 Å². The van der Waals surface area contributed by atoms with Crippen LogP contribution in [0.2, 0.25) is 0 Å². The van der Waals surface area contributed by atoms with Gasteiger partial charge in [-0.05, 0) is 44.0 Å². The Kier molecular flexibility index (Phi) is 3.83. The normalized spacial score (nSPS) is 22.2. The molecule has 0 unspecified atom stereocenters. The lowest BCUT2D eigenvalue weighted by Gasteiger charge is -2.32. The first-order chi connectivity index (χ1) is 7.81. The summed E-state index contributed by atoms with van der Waals surface area (Å²) in [4.78, 5) is 2.51. The summed E-state index contributed by atoms with van der Waals surface area (Å²) < 4.78 is 0. The molecule has 0 saturated carbocycles. The Morgan fingerprint density at radius 3 is 2.94 bits per heavy atom. The summed E-state index contributed by atoms with van der Waals surface area (Å²) in [5.74, 6) is 0.979. The molecule has 16 heavy (non-hydrogen) atoms. The van der Waals surface area contributed by atoms with Crippen molar-refractivity contribution >= 4 is 0 Å². The second-order valence-corrected chi connectivity index (χ2v) is 4.70. The number of hydrogen-bond donors (Lipinski definition) is 1. The molecule has 0 amide bonds. The van der Waals surface area contributed by atoms with Gasteiger partial charge in [-0.3, -0.25) is 0 Å². The Labute approximate surface area is 97.9 Å². The van der Waals surface area contributed by atoms with E-state index in [4.69, 9.17) is 0 Å². The summed E-state index contributed by atoms with van der Waals surface area (Å²) >= 11 is 0. The van der Waals surface area contributed by atoms with Crippen LogP contribution in [0.3, 0.4) is 0 Å². The second kappa shape index (κ2) is 5.35. The van der Waals surface area contributed by atoms with Crippen LogP contribution in [0.1, 0.15) is 37.7 Å². The van der Waals surface area contributed by atoms with Gasteiger partial charge in [-0.15, -0.1) is 0 Å². The molecule has 88 valence electrons. The Morgan fingerprint density at radius 2 is 2.19 bits per heavy atom. The third-order valence-corrected chi connectivity index (χ3v) is 3.42. The molecule has 0 radical (unpaired) electrons. The quantitative estimate of drug-likeness (QED) is 0.844. The molecule has 2 nitrogen and oxygen atoms in total. The maximum absolute atomic E-state index is 9.86. The molecule has 2 heteroatoms. The van der Waals surface area contributed by atoms with E-state index in [-0.39, 0.29) is 0 Å². The molecular formula is C14H21NO. The van der Waals surface area contributed by atoms with Gasteiger partial charge in [0.2, 0.25) is 0 Å². The van der Waals surface area contributed by atoms with Crippen LogP contribution >= 0.6 is 0 Å². The monoisotopic (exact) mass is 219 g/mol. The lowest BCUT2D eigenvalue weighted by atomic mass is 9.90. The molecule has 1 aliphatic heterocycles. The Morgan fingerprint density at radius 1 is 1.38 bits per heavy atom. The summed E-state index contributed by atoms with van der Waals surface area (Å²) in [5, 5.41) is 9.86. The van der Waals surface area contributed by atoms with Crippen LogP contribution in [0, 0.1) is 0 Å². The first kappa shape index (κ1) is 11.5. The number of phenols is 1. The zero-order valence-corrected chi connectivity index (χ0v) is 10.0. The van der Waals surface area contributed by atoms with Gasteiger partial charge in [-0.2, -0.15) is 0 Å². The van der Waals surface area contributed by atoms with E-state index in [9.17, 15) is 5.11 Å². The summed E-state index contributed by atoms with van der Waals surface area (Å²) in [7, 11) is 0. The molecule has 1 fully saturated rings. The molecule has 0 spiro atoms. The van der Waals surface area contributed by atoms with Gasteiger partial charge < -0.3 is 10.0 Å². The molecule has 2 rings (SSSR count). The lowest BCUT2D eigenvalue weighted by molar-refractivity contribution is 0.206. The van der Waals surface area contributed by atoms with E-state index in [0.717, 1.165) is 12.1 Å². The van der Waals surface area contributed by atoms with E-state index in [0.29, 0.717) is 11.7 Å². The van der Waals surface area contributed by atoms with Crippen molar-refractivity contribution in [2.75, 3.05) is 19.6 Å². The van der Waals surface area contributed by atoms with Crippen LogP contribution in [0.15, 0.2) is 24.3 Å². The predicted molar refractivity (Wildman–Crippen MR) is 66.8 cm³/mol. The Bertz CT molecular complexity index is 335. The molecule has 0 aromatic heterocycles. The van der Waals surface area contributed by atoms with Crippen molar-refractivity contribution in [3.63, 3.8) is 0 Å². The van der Waals surface area contributed by atoms with Crippen LogP contribution in [0.4, 0.5) is 0 Å². The predicted octanol–water partition coefficient (Wildman–Crippen LogP) is 2.98. The number of piperidine rings is 1. The molecule has 0 bridgehead atoms. The van der Waals surface area contributed by atoms with E-state index in [2.05, 4.69) is 17.9 Å². The first-order valence-corrected chi connectivity index (χ1v) is 6.31. The van der Waals surface area contributed by atoms with Crippen molar-refractivity contribution in [2.24, 2.45) is 0 Å². The van der Waals surface area contributed by atoms with Crippen LogP contribution in [0.5, 0.6) is 5.75 Å². The minimum atomic E-state index is 0.464. The topological polar surface area (TPSA) is 23.5 Å². The molecule has 1 saturated heterocycles. The average molecular weight is 219 g/mol. The number of phenolic OH excluding ortho intramolecular Hbond substituents is 1. The maximum Gasteiger partial charge on any atom is 0.119 e. The fourth-order valence-corrected chi connectivity index (χ4v) is 2.66. The summed E-state index contributed by atoms with van der Waals surface area (Å²) in [6, 6.07) is 7.78. The highest BCUT2D eigenvalue weighted by Crippen LogP contribution is 2.32. The van der Waals surface area contributed by atoms with Crippen molar-refractivity contribution in [1.29, 1.82) is 0 Å². The maximum atomic E-state index is 9.86. The van der Waals surface area contributed by atoms with Gasteiger partial charge in [0.1, 0.15) is 5.75 Å². The molecule has 1 N–H and O–H groups in total. The van der Waals surface area contributed by atoms with E-state index in [1.165, 1.54) is 32.4 Å². The van der Waals surface area contributed by atoms with Gasteiger partial charge in [-0.25, -0.2) is 0 Å². The number of nitrogens with zero attached hydrogens (tertiary/aromatic N) is 1. The van der Waals surface area contributed by atoms with Gasteiger partial charge in [-0.1, -0.05) is 25.1 Å². The second-order valence-electron chi connectivity index (χ2n) is 4.70. The largest absolute Gasteiger partial charge is 0.508 e. The minimum absolute atomic E-state index is 0.464. The van der Waals surface area contributed by atoms with Gasteiger partial charge in [0.05, 0.1) is 0 Å². The van der Waals surface area contributed by atoms with E-state index >= 15 is 0 Å². The summed E-state index contributed by atoms with van der Waals surface area (Å²) in [6.45, 7) is 5.73. The number of benzene rings is 1. The number of likely N-dealkylation sites (tertiary alicyclic amines) is 1. The van der Waals surface area contributed by atoms with Crippen LogP contribution in [-0.4, -0.2) is 29.6 Å². The molecule has 1 aromatic rings. The number of hydrogen-bond acceptors (Lipinski definition) is 2. The number of aromatic hydroxyl groups is 1. The molecule has 0 aliphatic carbocycles. The summed E-state index contributed by atoms with van der Waals surface area (Å²) in [5.41, 5.74) is 1.13. The van der Waals surface area contributed by atoms with Gasteiger partial charge in [0.25, 0.3) is 0 Å².